The fraction of sp³-hybridized carbons (Fsp3) is 0.500. The summed E-state index contributed by atoms with van der Waals surface area (Å²) in [6, 6.07) is 10.3. The van der Waals surface area contributed by atoms with E-state index in [1.807, 2.05) is 24.3 Å². The fourth-order valence-electron chi connectivity index (χ4n) is 3.11. The second-order valence-electron chi connectivity index (χ2n) is 5.26. The molecule has 2 rings (SSSR count). The number of hydrogen-bond donors (Lipinski definition) is 1. The van der Waals surface area contributed by atoms with Crippen LogP contribution in [0, 0.1) is 5.92 Å². The van der Waals surface area contributed by atoms with E-state index in [0.29, 0.717) is 5.92 Å². The molecule has 1 aliphatic carbocycles. The molecule has 3 atom stereocenters. The minimum Gasteiger partial charge on any atom is -0.389 e. The Morgan fingerprint density at radius 1 is 1.35 bits per heavy atom. The molecule has 92 valence electrons. The summed E-state index contributed by atoms with van der Waals surface area (Å²) in [7, 11) is 0. The SMILES string of the molecule is C=C[C@@H](c1ccccc1)[C@]1(O)CCCC[C@H]1C. The lowest BCUT2D eigenvalue weighted by Gasteiger charge is -2.43. The van der Waals surface area contributed by atoms with Crippen molar-refractivity contribution in [3.05, 3.63) is 48.6 Å². The Morgan fingerprint density at radius 2 is 2.06 bits per heavy atom. The van der Waals surface area contributed by atoms with Crippen LogP contribution in [-0.2, 0) is 0 Å². The van der Waals surface area contributed by atoms with Gasteiger partial charge in [-0.2, -0.15) is 0 Å². The minimum absolute atomic E-state index is 0.0546. The predicted octanol–water partition coefficient (Wildman–Crippen LogP) is 3.90. The van der Waals surface area contributed by atoms with Crippen LogP contribution in [0.25, 0.3) is 0 Å². The van der Waals surface area contributed by atoms with Crippen LogP contribution in [0.2, 0.25) is 0 Å². The lowest BCUT2D eigenvalue weighted by molar-refractivity contribution is -0.0528. The molecule has 1 heteroatoms. The summed E-state index contributed by atoms with van der Waals surface area (Å²) >= 11 is 0. The third kappa shape index (κ3) is 2.30. The normalized spacial score (nSPS) is 30.8. The van der Waals surface area contributed by atoms with Gasteiger partial charge in [-0.15, -0.1) is 6.58 Å². The molecule has 0 radical (unpaired) electrons. The summed E-state index contributed by atoms with van der Waals surface area (Å²) < 4.78 is 0. The Balaban J connectivity index is 2.31. The van der Waals surface area contributed by atoms with E-state index >= 15 is 0 Å². The second kappa shape index (κ2) is 5.05. The third-order valence-corrected chi connectivity index (χ3v) is 4.25. The Labute approximate surface area is 104 Å². The second-order valence-corrected chi connectivity index (χ2v) is 5.26. The molecule has 0 unspecified atom stereocenters. The summed E-state index contributed by atoms with van der Waals surface area (Å²) in [6.45, 7) is 6.10. The standard InChI is InChI=1S/C16H22O/c1-3-15(14-10-5-4-6-11-14)16(17)12-8-7-9-13(16)2/h3-6,10-11,13,15,17H,1,7-9,12H2,2H3/t13-,15+,16+/m1/s1. The number of rotatable bonds is 3. The smallest absolute Gasteiger partial charge is 0.0775 e. The Kier molecular flexibility index (Phi) is 3.68. The fourth-order valence-corrected chi connectivity index (χ4v) is 3.11. The van der Waals surface area contributed by atoms with Gasteiger partial charge in [0, 0.05) is 5.92 Å². The topological polar surface area (TPSA) is 20.2 Å². The first-order valence-electron chi connectivity index (χ1n) is 6.58. The summed E-state index contributed by atoms with van der Waals surface area (Å²) in [5.41, 5.74) is 0.570. The van der Waals surface area contributed by atoms with E-state index in [1.54, 1.807) is 0 Å². The molecule has 1 aliphatic rings. The van der Waals surface area contributed by atoms with Crippen LogP contribution in [0.4, 0.5) is 0 Å². The summed E-state index contributed by atoms with van der Waals surface area (Å²) in [5, 5.41) is 11.0. The van der Waals surface area contributed by atoms with Crippen LogP contribution in [0.1, 0.15) is 44.1 Å². The van der Waals surface area contributed by atoms with Gasteiger partial charge in [-0.25, -0.2) is 0 Å². The van der Waals surface area contributed by atoms with Crippen molar-refractivity contribution in [3.8, 4) is 0 Å². The molecule has 1 aromatic carbocycles. The maximum absolute atomic E-state index is 11.0. The molecule has 0 aromatic heterocycles. The Bertz CT molecular complexity index is 370. The Morgan fingerprint density at radius 3 is 2.65 bits per heavy atom. The van der Waals surface area contributed by atoms with Crippen LogP contribution in [-0.4, -0.2) is 10.7 Å². The zero-order valence-corrected chi connectivity index (χ0v) is 10.6. The van der Waals surface area contributed by atoms with Crippen molar-refractivity contribution < 1.29 is 5.11 Å². The molecule has 0 amide bonds. The average molecular weight is 230 g/mol. The first-order chi connectivity index (χ1) is 8.18. The van der Waals surface area contributed by atoms with E-state index in [0.717, 1.165) is 19.3 Å². The van der Waals surface area contributed by atoms with Gasteiger partial charge in [0.15, 0.2) is 0 Å². The van der Waals surface area contributed by atoms with Crippen molar-refractivity contribution >= 4 is 0 Å². The lowest BCUT2D eigenvalue weighted by Crippen LogP contribution is -2.44. The minimum atomic E-state index is -0.610. The van der Waals surface area contributed by atoms with Crippen LogP contribution < -0.4 is 0 Å². The van der Waals surface area contributed by atoms with E-state index in [-0.39, 0.29) is 5.92 Å². The zero-order valence-electron chi connectivity index (χ0n) is 10.6. The third-order valence-electron chi connectivity index (χ3n) is 4.25. The Hall–Kier alpha value is -1.08. The van der Waals surface area contributed by atoms with Gasteiger partial charge >= 0.3 is 0 Å². The lowest BCUT2D eigenvalue weighted by atomic mass is 9.67. The van der Waals surface area contributed by atoms with E-state index in [4.69, 9.17) is 0 Å². The van der Waals surface area contributed by atoms with Gasteiger partial charge in [-0.05, 0) is 24.3 Å². The quantitative estimate of drug-likeness (QED) is 0.781. The van der Waals surface area contributed by atoms with E-state index in [1.165, 1.54) is 12.0 Å². The van der Waals surface area contributed by atoms with Crippen LogP contribution >= 0.6 is 0 Å². The molecule has 0 aliphatic heterocycles. The number of benzene rings is 1. The molecule has 0 bridgehead atoms. The van der Waals surface area contributed by atoms with Crippen LogP contribution in [0.5, 0.6) is 0 Å². The van der Waals surface area contributed by atoms with E-state index < -0.39 is 5.60 Å². The van der Waals surface area contributed by atoms with Crippen molar-refractivity contribution in [2.24, 2.45) is 5.92 Å². The highest BCUT2D eigenvalue weighted by atomic mass is 16.3. The molecular weight excluding hydrogens is 208 g/mol. The average Bonchev–Trinajstić information content (AvgIpc) is 2.35. The van der Waals surface area contributed by atoms with Gasteiger partial charge in [0.05, 0.1) is 5.60 Å². The van der Waals surface area contributed by atoms with Crippen molar-refractivity contribution in [3.63, 3.8) is 0 Å². The van der Waals surface area contributed by atoms with Crippen LogP contribution in [0.15, 0.2) is 43.0 Å². The molecule has 1 aromatic rings. The molecule has 1 nitrogen and oxygen atoms in total. The van der Waals surface area contributed by atoms with Crippen LogP contribution in [0.3, 0.4) is 0 Å². The molecule has 1 saturated carbocycles. The van der Waals surface area contributed by atoms with Gasteiger partial charge in [0.25, 0.3) is 0 Å². The van der Waals surface area contributed by atoms with Gasteiger partial charge in [0.1, 0.15) is 0 Å². The highest BCUT2D eigenvalue weighted by molar-refractivity contribution is 5.28. The van der Waals surface area contributed by atoms with Gasteiger partial charge in [-0.1, -0.05) is 56.2 Å². The highest BCUT2D eigenvalue weighted by Gasteiger charge is 2.42. The van der Waals surface area contributed by atoms with Crippen molar-refractivity contribution in [1.82, 2.24) is 0 Å². The van der Waals surface area contributed by atoms with Crippen molar-refractivity contribution in [2.75, 3.05) is 0 Å². The predicted molar refractivity (Wildman–Crippen MR) is 72.0 cm³/mol. The van der Waals surface area contributed by atoms with Gasteiger partial charge in [-0.3, -0.25) is 0 Å². The first-order valence-corrected chi connectivity index (χ1v) is 6.58. The van der Waals surface area contributed by atoms with Crippen molar-refractivity contribution in [1.29, 1.82) is 0 Å². The van der Waals surface area contributed by atoms with E-state index in [2.05, 4.69) is 25.6 Å². The monoisotopic (exact) mass is 230 g/mol. The number of aliphatic hydroxyl groups is 1. The molecule has 1 N–H and O–H groups in total. The summed E-state index contributed by atoms with van der Waals surface area (Å²) in [6.07, 6.45) is 6.28. The number of hydrogen-bond acceptors (Lipinski definition) is 1. The molecule has 17 heavy (non-hydrogen) atoms. The zero-order chi connectivity index (χ0) is 12.3. The van der Waals surface area contributed by atoms with E-state index in [9.17, 15) is 5.11 Å². The maximum Gasteiger partial charge on any atom is 0.0775 e. The molecule has 0 saturated heterocycles. The molecule has 0 spiro atoms. The van der Waals surface area contributed by atoms with Gasteiger partial charge in [0.2, 0.25) is 0 Å². The molecule has 1 fully saturated rings. The van der Waals surface area contributed by atoms with Crippen molar-refractivity contribution in [2.45, 2.75) is 44.1 Å². The largest absolute Gasteiger partial charge is 0.389 e. The first kappa shape index (κ1) is 12.4. The maximum atomic E-state index is 11.0. The molecule has 0 heterocycles. The summed E-state index contributed by atoms with van der Waals surface area (Å²) in [4.78, 5) is 0. The highest BCUT2D eigenvalue weighted by Crippen LogP contribution is 2.43. The summed E-state index contributed by atoms with van der Waals surface area (Å²) in [5.74, 6) is 0.401. The molecular formula is C16H22O. The van der Waals surface area contributed by atoms with Gasteiger partial charge < -0.3 is 5.11 Å².